The van der Waals surface area contributed by atoms with Gasteiger partial charge in [0.1, 0.15) is 5.02 Å². The first-order valence-corrected chi connectivity index (χ1v) is 8.23. The van der Waals surface area contributed by atoms with Crippen molar-refractivity contribution in [2.45, 2.75) is 13.5 Å². The summed E-state index contributed by atoms with van der Waals surface area (Å²) < 4.78 is 1.23. The molecule has 0 bridgehead atoms. The highest BCUT2D eigenvalue weighted by Crippen LogP contribution is 2.23. The third kappa shape index (κ3) is 3.65. The molecule has 0 spiro atoms. The molecule has 0 aliphatic carbocycles. The maximum Gasteiger partial charge on any atom is 0.292 e. The fourth-order valence-corrected chi connectivity index (χ4v) is 2.78. The molecule has 0 N–H and O–H groups in total. The predicted octanol–water partition coefficient (Wildman–Crippen LogP) is 3.27. The van der Waals surface area contributed by atoms with Crippen molar-refractivity contribution >= 4 is 28.9 Å². The number of aryl methyl sites for hydroxylation is 1. The van der Waals surface area contributed by atoms with Crippen LogP contribution in [-0.2, 0) is 6.54 Å². The third-order valence-electron chi connectivity index (χ3n) is 3.73. The molecule has 128 valence electrons. The highest BCUT2D eigenvalue weighted by molar-refractivity contribution is 6.33. The minimum Gasteiger partial charge on any atom is -0.366 e. The average molecular weight is 376 g/mol. The smallest absolute Gasteiger partial charge is 0.292 e. The van der Waals surface area contributed by atoms with Crippen LogP contribution in [0.4, 0.5) is 5.69 Å². The largest absolute Gasteiger partial charge is 0.366 e. The van der Waals surface area contributed by atoms with Gasteiger partial charge in [-0.25, -0.2) is 0 Å². The highest BCUT2D eigenvalue weighted by Gasteiger charge is 2.15. The first-order chi connectivity index (χ1) is 12.0. The molecule has 8 heteroatoms. The molecule has 0 saturated heterocycles. The summed E-state index contributed by atoms with van der Waals surface area (Å²) in [7, 11) is 1.81. The molecule has 0 radical (unpaired) electrons. The zero-order chi connectivity index (χ0) is 18.0. The molecule has 3 rings (SSSR count). The summed E-state index contributed by atoms with van der Waals surface area (Å²) in [5, 5.41) is 4.87. The van der Waals surface area contributed by atoms with Crippen LogP contribution in [0.3, 0.4) is 0 Å². The number of rotatable bonds is 4. The van der Waals surface area contributed by atoms with Gasteiger partial charge in [0.25, 0.3) is 5.56 Å². The van der Waals surface area contributed by atoms with Gasteiger partial charge in [0.15, 0.2) is 0 Å². The van der Waals surface area contributed by atoms with Crippen LogP contribution in [-0.4, -0.2) is 26.8 Å². The van der Waals surface area contributed by atoms with Gasteiger partial charge in [0.05, 0.1) is 36.0 Å². The highest BCUT2D eigenvalue weighted by atomic mass is 35.5. The van der Waals surface area contributed by atoms with E-state index in [1.807, 2.05) is 20.0 Å². The Morgan fingerprint density at radius 1 is 1.20 bits per heavy atom. The van der Waals surface area contributed by atoms with Crippen molar-refractivity contribution in [1.82, 2.24) is 19.7 Å². The molecule has 2 aromatic heterocycles. The maximum atomic E-state index is 12.6. The van der Waals surface area contributed by atoms with Crippen LogP contribution in [0.1, 0.15) is 11.3 Å². The van der Waals surface area contributed by atoms with Gasteiger partial charge in [-0.05, 0) is 24.6 Å². The summed E-state index contributed by atoms with van der Waals surface area (Å²) >= 11 is 12.4. The second kappa shape index (κ2) is 7.21. The van der Waals surface area contributed by atoms with Crippen LogP contribution in [0, 0.1) is 6.92 Å². The minimum absolute atomic E-state index is 0.0816. The quantitative estimate of drug-likeness (QED) is 0.699. The van der Waals surface area contributed by atoms with E-state index in [4.69, 9.17) is 23.2 Å². The lowest BCUT2D eigenvalue weighted by Crippen LogP contribution is -2.26. The second-order valence-electron chi connectivity index (χ2n) is 5.55. The topological polar surface area (TPSA) is 63.9 Å². The van der Waals surface area contributed by atoms with Gasteiger partial charge in [-0.2, -0.15) is 9.78 Å². The standard InChI is InChI=1S/C17H15Cl2N5O/c1-11-3-4-13(7-14(11)18)24-17(25)16(19)15(9-22-24)23(2)10-12-8-20-5-6-21-12/h3-9H,10H2,1-2H3. The Balaban J connectivity index is 1.95. The molecule has 6 nitrogen and oxygen atoms in total. The van der Waals surface area contributed by atoms with Gasteiger partial charge in [-0.1, -0.05) is 29.3 Å². The molecule has 0 atom stereocenters. The van der Waals surface area contributed by atoms with Crippen molar-refractivity contribution in [1.29, 1.82) is 0 Å². The van der Waals surface area contributed by atoms with E-state index in [1.165, 1.54) is 4.68 Å². The summed E-state index contributed by atoms with van der Waals surface area (Å²) in [4.78, 5) is 22.7. The van der Waals surface area contributed by atoms with Gasteiger partial charge in [0.2, 0.25) is 0 Å². The molecule has 0 unspecified atom stereocenters. The van der Waals surface area contributed by atoms with Gasteiger partial charge < -0.3 is 4.90 Å². The Morgan fingerprint density at radius 3 is 2.68 bits per heavy atom. The van der Waals surface area contributed by atoms with Crippen LogP contribution in [0.2, 0.25) is 10.0 Å². The van der Waals surface area contributed by atoms with Crippen molar-refractivity contribution < 1.29 is 0 Å². The first kappa shape index (κ1) is 17.4. The Kier molecular flexibility index (Phi) is 5.01. The normalized spacial score (nSPS) is 10.7. The van der Waals surface area contributed by atoms with Gasteiger partial charge in [-0.3, -0.25) is 14.8 Å². The number of halogens is 2. The van der Waals surface area contributed by atoms with Crippen molar-refractivity contribution in [3.05, 3.63) is 74.6 Å². The molecule has 3 aromatic rings. The fraction of sp³-hybridized carbons (Fsp3) is 0.176. The Labute approximate surface area is 154 Å². The van der Waals surface area contributed by atoms with E-state index >= 15 is 0 Å². The molecule has 0 saturated carbocycles. The second-order valence-corrected chi connectivity index (χ2v) is 6.33. The number of nitrogens with zero attached hydrogens (tertiary/aromatic N) is 5. The SMILES string of the molecule is Cc1ccc(-n2ncc(N(C)Cc3cnccn3)c(Cl)c2=O)cc1Cl. The van der Waals surface area contributed by atoms with Crippen molar-refractivity contribution in [2.75, 3.05) is 11.9 Å². The van der Waals surface area contributed by atoms with Crippen molar-refractivity contribution in [2.24, 2.45) is 0 Å². The number of anilines is 1. The van der Waals surface area contributed by atoms with Gasteiger partial charge >= 0.3 is 0 Å². The number of aromatic nitrogens is 4. The van der Waals surface area contributed by atoms with Crippen LogP contribution in [0.15, 0.2) is 47.8 Å². The first-order valence-electron chi connectivity index (χ1n) is 7.48. The molecule has 25 heavy (non-hydrogen) atoms. The Hall–Kier alpha value is -2.44. The number of hydrogen-bond acceptors (Lipinski definition) is 5. The summed E-state index contributed by atoms with van der Waals surface area (Å²) in [6.45, 7) is 2.34. The molecule has 1 aromatic carbocycles. The molecular formula is C17H15Cl2N5O. The van der Waals surface area contributed by atoms with E-state index in [0.29, 0.717) is 22.9 Å². The Bertz CT molecular complexity index is 959. The van der Waals surface area contributed by atoms with Crippen LogP contribution < -0.4 is 10.5 Å². The van der Waals surface area contributed by atoms with E-state index in [1.54, 1.807) is 41.8 Å². The van der Waals surface area contributed by atoms with Crippen LogP contribution >= 0.6 is 23.2 Å². The monoisotopic (exact) mass is 375 g/mol. The van der Waals surface area contributed by atoms with E-state index in [2.05, 4.69) is 15.1 Å². The minimum atomic E-state index is -0.412. The molecular weight excluding hydrogens is 361 g/mol. The molecule has 0 amide bonds. The lowest BCUT2D eigenvalue weighted by Gasteiger charge is -2.19. The maximum absolute atomic E-state index is 12.6. The van der Waals surface area contributed by atoms with E-state index in [-0.39, 0.29) is 5.02 Å². The van der Waals surface area contributed by atoms with Crippen molar-refractivity contribution in [3.63, 3.8) is 0 Å². The molecule has 0 fully saturated rings. The van der Waals surface area contributed by atoms with E-state index in [0.717, 1.165) is 11.3 Å². The summed E-state index contributed by atoms with van der Waals surface area (Å²) in [6, 6.07) is 5.28. The molecule has 0 aliphatic heterocycles. The summed E-state index contributed by atoms with van der Waals surface area (Å²) in [5.41, 5.74) is 2.35. The summed E-state index contributed by atoms with van der Waals surface area (Å²) in [5.74, 6) is 0. The summed E-state index contributed by atoms with van der Waals surface area (Å²) in [6.07, 6.45) is 6.43. The zero-order valence-electron chi connectivity index (χ0n) is 13.6. The Morgan fingerprint density at radius 2 is 2.00 bits per heavy atom. The van der Waals surface area contributed by atoms with Crippen LogP contribution in [0.5, 0.6) is 0 Å². The van der Waals surface area contributed by atoms with Gasteiger partial charge in [-0.15, -0.1) is 0 Å². The van der Waals surface area contributed by atoms with Crippen molar-refractivity contribution in [3.8, 4) is 5.69 Å². The molecule has 2 heterocycles. The lowest BCUT2D eigenvalue weighted by atomic mass is 10.2. The van der Waals surface area contributed by atoms with Gasteiger partial charge in [0, 0.05) is 24.5 Å². The predicted molar refractivity (Wildman–Crippen MR) is 98.7 cm³/mol. The lowest BCUT2D eigenvalue weighted by molar-refractivity contribution is 0.790. The zero-order valence-corrected chi connectivity index (χ0v) is 15.2. The van der Waals surface area contributed by atoms with Crippen LogP contribution in [0.25, 0.3) is 5.69 Å². The number of benzene rings is 1. The van der Waals surface area contributed by atoms with E-state index in [9.17, 15) is 4.79 Å². The number of hydrogen-bond donors (Lipinski definition) is 0. The fourth-order valence-electron chi connectivity index (χ4n) is 2.33. The average Bonchev–Trinajstić information content (AvgIpc) is 2.60. The molecule has 0 aliphatic rings. The van der Waals surface area contributed by atoms with E-state index < -0.39 is 5.56 Å². The third-order valence-corrected chi connectivity index (χ3v) is 4.49.